The van der Waals surface area contributed by atoms with E-state index in [1.165, 1.54) is 13.2 Å². The molecule has 0 saturated carbocycles. The maximum absolute atomic E-state index is 14.3. The first-order chi connectivity index (χ1) is 18.4. The Kier molecular flexibility index (Phi) is 7.48. The Morgan fingerprint density at radius 3 is 2.61 bits per heavy atom. The molecule has 0 amide bonds. The first-order valence-corrected chi connectivity index (χ1v) is 12.1. The minimum atomic E-state index is -0.975. The largest absolute Gasteiger partial charge is 0.489 e. The number of esters is 2. The van der Waals surface area contributed by atoms with Crippen LogP contribution in [0, 0.1) is 11.6 Å². The van der Waals surface area contributed by atoms with Gasteiger partial charge in [-0.3, -0.25) is 0 Å². The topological polar surface area (TPSA) is 87.0 Å². The van der Waals surface area contributed by atoms with E-state index < -0.39 is 29.6 Å². The Balaban J connectivity index is 1.27. The van der Waals surface area contributed by atoms with Crippen molar-refractivity contribution in [3.63, 3.8) is 0 Å². The van der Waals surface area contributed by atoms with E-state index in [0.29, 0.717) is 34.6 Å². The van der Waals surface area contributed by atoms with Gasteiger partial charge in [0.2, 0.25) is 0 Å². The molecule has 1 fully saturated rings. The van der Waals surface area contributed by atoms with Crippen LogP contribution in [0.3, 0.4) is 0 Å². The van der Waals surface area contributed by atoms with E-state index in [0.717, 1.165) is 19.0 Å². The molecule has 0 aliphatic carbocycles. The molecular weight excluding hydrogens is 496 g/mol. The predicted octanol–water partition coefficient (Wildman–Crippen LogP) is 5.54. The van der Waals surface area contributed by atoms with Crippen molar-refractivity contribution in [3.8, 4) is 16.9 Å². The van der Waals surface area contributed by atoms with Crippen LogP contribution in [0.25, 0.3) is 22.1 Å². The van der Waals surface area contributed by atoms with Gasteiger partial charge in [0.25, 0.3) is 0 Å². The van der Waals surface area contributed by atoms with Gasteiger partial charge in [-0.15, -0.1) is 0 Å². The van der Waals surface area contributed by atoms with Crippen LogP contribution in [0.5, 0.6) is 5.75 Å². The summed E-state index contributed by atoms with van der Waals surface area (Å²) >= 11 is 0. The second-order valence-corrected chi connectivity index (χ2v) is 8.98. The molecule has 0 unspecified atom stereocenters. The summed E-state index contributed by atoms with van der Waals surface area (Å²) in [4.78, 5) is 24.5. The maximum Gasteiger partial charge on any atom is 0.345 e. The lowest BCUT2D eigenvalue weighted by Gasteiger charge is -2.11. The Bertz CT molecular complexity index is 1470. The van der Waals surface area contributed by atoms with Gasteiger partial charge >= 0.3 is 11.9 Å². The van der Waals surface area contributed by atoms with Gasteiger partial charge in [-0.1, -0.05) is 24.3 Å². The third kappa shape index (κ3) is 5.44. The monoisotopic (exact) mass is 521 g/mol. The van der Waals surface area contributed by atoms with Gasteiger partial charge in [0.15, 0.2) is 11.6 Å². The Labute approximate surface area is 217 Å². The molecule has 1 aliphatic heterocycles. The zero-order chi connectivity index (χ0) is 26.6. The lowest BCUT2D eigenvalue weighted by atomic mass is 10.0. The minimum Gasteiger partial charge on any atom is -0.489 e. The number of benzene rings is 3. The lowest BCUT2D eigenvalue weighted by molar-refractivity contribution is -0.139. The molecular formula is C29H25F2NO6. The molecule has 0 bridgehead atoms. The molecule has 0 radical (unpaired) electrons. The van der Waals surface area contributed by atoms with Crippen molar-refractivity contribution in [1.29, 1.82) is 0 Å². The molecule has 1 N–H and O–H groups in total. The fourth-order valence-electron chi connectivity index (χ4n) is 4.41. The third-order valence-electron chi connectivity index (χ3n) is 6.30. The number of rotatable bonds is 8. The molecule has 4 aromatic rings. The van der Waals surface area contributed by atoms with E-state index in [1.54, 1.807) is 48.5 Å². The van der Waals surface area contributed by atoms with Gasteiger partial charge in [0.05, 0.1) is 10.9 Å². The highest BCUT2D eigenvalue weighted by Crippen LogP contribution is 2.35. The highest BCUT2D eigenvalue weighted by atomic mass is 19.2. The average molecular weight is 522 g/mol. The van der Waals surface area contributed by atoms with Crippen LogP contribution in [0.15, 0.2) is 65.1 Å². The molecule has 196 valence electrons. The Morgan fingerprint density at radius 1 is 1.05 bits per heavy atom. The number of methoxy groups -OCH3 is 1. The smallest absolute Gasteiger partial charge is 0.345 e. The minimum absolute atomic E-state index is 0.0481. The van der Waals surface area contributed by atoms with E-state index in [1.807, 2.05) is 0 Å². The lowest BCUT2D eigenvalue weighted by Crippen LogP contribution is -2.33. The van der Waals surface area contributed by atoms with Gasteiger partial charge in [-0.25, -0.2) is 18.4 Å². The van der Waals surface area contributed by atoms with Gasteiger partial charge in [0, 0.05) is 12.7 Å². The normalized spacial score (nSPS) is 15.1. The Hall–Kier alpha value is -4.08. The van der Waals surface area contributed by atoms with Crippen LogP contribution in [0.4, 0.5) is 8.78 Å². The molecule has 5 rings (SSSR count). The number of hydrogen-bond acceptors (Lipinski definition) is 7. The first kappa shape index (κ1) is 25.6. The number of furan rings is 1. The second kappa shape index (κ2) is 11.1. The van der Waals surface area contributed by atoms with Crippen molar-refractivity contribution in [2.75, 3.05) is 13.7 Å². The zero-order valence-electron chi connectivity index (χ0n) is 20.6. The number of nitrogens with one attached hydrogen (secondary N) is 1. The summed E-state index contributed by atoms with van der Waals surface area (Å²) < 4.78 is 50.2. The van der Waals surface area contributed by atoms with Crippen LogP contribution in [0.2, 0.25) is 0 Å². The predicted molar refractivity (Wildman–Crippen MR) is 135 cm³/mol. The number of halogens is 2. The highest BCUT2D eigenvalue weighted by Gasteiger charge is 2.26. The fraction of sp³-hybridized carbons (Fsp3) is 0.241. The number of carbonyl (C=O) groups is 2. The van der Waals surface area contributed by atoms with Crippen LogP contribution in [0.1, 0.15) is 34.5 Å². The van der Waals surface area contributed by atoms with Crippen LogP contribution < -0.4 is 10.1 Å². The van der Waals surface area contributed by atoms with Crippen molar-refractivity contribution in [2.45, 2.75) is 32.1 Å². The summed E-state index contributed by atoms with van der Waals surface area (Å²) in [5, 5.41) is 3.05. The molecule has 7 nitrogen and oxygen atoms in total. The van der Waals surface area contributed by atoms with Crippen LogP contribution in [-0.4, -0.2) is 31.6 Å². The number of ether oxygens (including phenoxy) is 3. The van der Waals surface area contributed by atoms with E-state index in [4.69, 9.17) is 18.6 Å². The molecule has 1 saturated heterocycles. The number of hydrogen-bond donors (Lipinski definition) is 1. The van der Waals surface area contributed by atoms with E-state index >= 15 is 0 Å². The molecule has 1 aromatic heterocycles. The summed E-state index contributed by atoms with van der Waals surface area (Å²) in [6.45, 7) is 1.02. The number of carbonyl (C=O) groups excluding carboxylic acids is 2. The quantitative estimate of drug-likeness (QED) is 0.241. The molecule has 38 heavy (non-hydrogen) atoms. The van der Waals surface area contributed by atoms with Gasteiger partial charge in [-0.2, -0.15) is 0 Å². The summed E-state index contributed by atoms with van der Waals surface area (Å²) in [7, 11) is 1.49. The molecule has 0 spiro atoms. The van der Waals surface area contributed by atoms with Gasteiger partial charge in [0.1, 0.15) is 36.3 Å². The molecule has 1 atom stereocenters. The summed E-state index contributed by atoms with van der Waals surface area (Å²) in [6.07, 6.45) is 1.52. The molecule has 9 heteroatoms. The summed E-state index contributed by atoms with van der Waals surface area (Å²) in [5.41, 5.74) is 2.21. The van der Waals surface area contributed by atoms with E-state index in [-0.39, 0.29) is 29.7 Å². The second-order valence-electron chi connectivity index (χ2n) is 8.98. The van der Waals surface area contributed by atoms with Gasteiger partial charge in [-0.05, 0) is 66.9 Å². The van der Waals surface area contributed by atoms with E-state index in [9.17, 15) is 18.4 Å². The summed E-state index contributed by atoms with van der Waals surface area (Å²) in [6, 6.07) is 15.6. The summed E-state index contributed by atoms with van der Waals surface area (Å²) in [5.74, 6) is -2.31. The first-order valence-electron chi connectivity index (χ1n) is 12.1. The fourth-order valence-corrected chi connectivity index (χ4v) is 4.41. The SMILES string of the molecule is COCc1cc2c(F)c(F)cc(-c3ccc(OCc4cccc(C(=O)OC(=O)[C@@H]5CCCN5)c4)cc3)c2o1. The van der Waals surface area contributed by atoms with Crippen molar-refractivity contribution in [3.05, 3.63) is 89.2 Å². The third-order valence-corrected chi connectivity index (χ3v) is 6.30. The standard InChI is InChI=1S/C29H25F2NO6/c1-35-16-21-13-23-26(31)24(30)14-22(27(23)37-21)18-7-9-20(10-8-18)36-15-17-4-2-5-19(12-17)28(33)38-29(34)25-6-3-11-32-25/h2,4-5,7-10,12-14,25,32H,3,6,11,15-16H2,1H3/t25-/m0/s1. The van der Waals surface area contributed by atoms with Crippen LogP contribution >= 0.6 is 0 Å². The maximum atomic E-state index is 14.3. The Morgan fingerprint density at radius 2 is 1.87 bits per heavy atom. The van der Waals surface area contributed by atoms with Crippen molar-refractivity contribution < 1.29 is 37.0 Å². The van der Waals surface area contributed by atoms with Crippen molar-refractivity contribution in [1.82, 2.24) is 5.32 Å². The van der Waals surface area contributed by atoms with E-state index in [2.05, 4.69) is 5.32 Å². The molecule has 3 aromatic carbocycles. The van der Waals surface area contributed by atoms with Crippen LogP contribution in [-0.2, 0) is 27.5 Å². The van der Waals surface area contributed by atoms with Crippen molar-refractivity contribution in [2.24, 2.45) is 0 Å². The zero-order valence-corrected chi connectivity index (χ0v) is 20.6. The number of fused-ring (bicyclic) bond motifs is 1. The highest BCUT2D eigenvalue weighted by molar-refractivity contribution is 5.98. The average Bonchev–Trinajstić information content (AvgIpc) is 3.61. The molecule has 1 aliphatic rings. The van der Waals surface area contributed by atoms with Gasteiger partial charge < -0.3 is 23.9 Å². The molecule has 2 heterocycles. The van der Waals surface area contributed by atoms with Crippen molar-refractivity contribution >= 4 is 22.9 Å².